The molecule has 1 amide bonds. The molecule has 1 N–H and O–H groups in total. The van der Waals surface area contributed by atoms with Crippen LogP contribution < -0.4 is 5.32 Å². The van der Waals surface area contributed by atoms with Crippen LogP contribution >= 0.6 is 0 Å². The quantitative estimate of drug-likeness (QED) is 0.818. The van der Waals surface area contributed by atoms with Crippen LogP contribution in [-0.4, -0.2) is 25.7 Å². The Bertz CT molecular complexity index is 480. The molecule has 0 atom stereocenters. The lowest BCUT2D eigenvalue weighted by Gasteiger charge is -2.04. The lowest BCUT2D eigenvalue weighted by atomic mass is 10.3. The molecule has 0 fully saturated rings. The highest BCUT2D eigenvalue weighted by molar-refractivity contribution is 5.89. The topological polar surface area (TPSA) is 72.7 Å². The second kappa shape index (κ2) is 4.52. The molecule has 2 aromatic heterocycles. The first-order valence-electron chi connectivity index (χ1n) is 4.79. The van der Waals surface area contributed by atoms with Crippen molar-refractivity contribution in [3.63, 3.8) is 0 Å². The zero-order chi connectivity index (χ0) is 11.4. The fourth-order valence-electron chi connectivity index (χ4n) is 1.25. The highest BCUT2D eigenvalue weighted by Crippen LogP contribution is 2.04. The van der Waals surface area contributed by atoms with E-state index in [0.717, 1.165) is 5.56 Å². The molecule has 6 nitrogen and oxygen atoms in total. The van der Waals surface area contributed by atoms with E-state index in [1.165, 1.54) is 17.3 Å². The average Bonchev–Trinajstić information content (AvgIpc) is 2.70. The number of rotatable bonds is 3. The largest absolute Gasteiger partial charge is 0.309 e. The van der Waals surface area contributed by atoms with Gasteiger partial charge in [0.05, 0.1) is 0 Å². The predicted molar refractivity (Wildman–Crippen MR) is 57.6 cm³/mol. The summed E-state index contributed by atoms with van der Waals surface area (Å²) in [6.07, 6.45) is 4.53. The van der Waals surface area contributed by atoms with Crippen LogP contribution in [0.2, 0.25) is 0 Å². The molecule has 0 aromatic carbocycles. The number of aryl methyl sites for hydroxylation is 1. The Morgan fingerprint density at radius 1 is 1.56 bits per heavy atom. The van der Waals surface area contributed by atoms with Crippen LogP contribution in [0.3, 0.4) is 0 Å². The van der Waals surface area contributed by atoms with Gasteiger partial charge in [-0.05, 0) is 24.6 Å². The lowest BCUT2D eigenvalue weighted by molar-refractivity contribution is -0.116. The van der Waals surface area contributed by atoms with Crippen molar-refractivity contribution < 1.29 is 4.79 Å². The van der Waals surface area contributed by atoms with Crippen LogP contribution in [0.5, 0.6) is 0 Å². The zero-order valence-corrected chi connectivity index (χ0v) is 8.79. The smallest absolute Gasteiger partial charge is 0.247 e. The Labute approximate surface area is 92.3 Å². The van der Waals surface area contributed by atoms with Gasteiger partial charge in [0.1, 0.15) is 25.0 Å². The van der Waals surface area contributed by atoms with Crippen LogP contribution in [0.25, 0.3) is 0 Å². The Morgan fingerprint density at radius 3 is 3.12 bits per heavy atom. The Balaban J connectivity index is 1.97. The van der Waals surface area contributed by atoms with Crippen molar-refractivity contribution in [3.05, 3.63) is 36.5 Å². The number of nitrogens with one attached hydrogen (secondary N) is 1. The number of hydrogen-bond donors (Lipinski definition) is 1. The van der Waals surface area contributed by atoms with Gasteiger partial charge in [0.2, 0.25) is 5.91 Å². The third-order valence-electron chi connectivity index (χ3n) is 1.96. The standard InChI is InChI=1S/C10H11N5O/c1-8-2-3-12-9(4-8)14-10(16)5-15-7-11-6-13-15/h2-4,6-7H,5H2,1H3,(H,12,14,16). The molecule has 82 valence electrons. The van der Waals surface area contributed by atoms with Crippen LogP contribution in [0.15, 0.2) is 31.0 Å². The van der Waals surface area contributed by atoms with E-state index in [1.54, 1.807) is 12.3 Å². The van der Waals surface area contributed by atoms with Gasteiger partial charge in [-0.15, -0.1) is 0 Å². The highest BCUT2D eigenvalue weighted by Gasteiger charge is 2.04. The van der Waals surface area contributed by atoms with Crippen molar-refractivity contribution in [1.82, 2.24) is 19.7 Å². The number of hydrogen-bond acceptors (Lipinski definition) is 4. The first kappa shape index (κ1) is 10.3. The number of pyridine rings is 1. The molecule has 2 aromatic rings. The van der Waals surface area contributed by atoms with Gasteiger partial charge in [-0.1, -0.05) is 0 Å². The van der Waals surface area contributed by atoms with E-state index < -0.39 is 0 Å². The number of amides is 1. The molecule has 0 aliphatic heterocycles. The van der Waals surface area contributed by atoms with Gasteiger partial charge in [0, 0.05) is 6.20 Å². The van der Waals surface area contributed by atoms with E-state index >= 15 is 0 Å². The number of nitrogens with zero attached hydrogens (tertiary/aromatic N) is 4. The average molecular weight is 217 g/mol. The van der Waals surface area contributed by atoms with Crippen molar-refractivity contribution in [2.75, 3.05) is 5.32 Å². The maximum Gasteiger partial charge on any atom is 0.247 e. The van der Waals surface area contributed by atoms with E-state index in [2.05, 4.69) is 20.4 Å². The van der Waals surface area contributed by atoms with E-state index in [4.69, 9.17) is 0 Å². The van der Waals surface area contributed by atoms with Crippen LogP contribution in [0.1, 0.15) is 5.56 Å². The fraction of sp³-hybridized carbons (Fsp3) is 0.200. The minimum atomic E-state index is -0.177. The van der Waals surface area contributed by atoms with Crippen molar-refractivity contribution >= 4 is 11.7 Å². The summed E-state index contributed by atoms with van der Waals surface area (Å²) in [5.74, 6) is 0.369. The third kappa shape index (κ3) is 2.63. The van der Waals surface area contributed by atoms with Crippen LogP contribution in [0, 0.1) is 6.92 Å². The highest BCUT2D eigenvalue weighted by atomic mass is 16.2. The minimum absolute atomic E-state index is 0.135. The van der Waals surface area contributed by atoms with Crippen LogP contribution in [0.4, 0.5) is 5.82 Å². The first-order valence-corrected chi connectivity index (χ1v) is 4.79. The second-order valence-corrected chi connectivity index (χ2v) is 3.36. The molecule has 0 radical (unpaired) electrons. The van der Waals surface area contributed by atoms with Crippen molar-refractivity contribution in [2.45, 2.75) is 13.5 Å². The van der Waals surface area contributed by atoms with E-state index in [9.17, 15) is 4.79 Å². The third-order valence-corrected chi connectivity index (χ3v) is 1.96. The number of carbonyl (C=O) groups is 1. The van der Waals surface area contributed by atoms with Gasteiger partial charge < -0.3 is 5.32 Å². The van der Waals surface area contributed by atoms with Gasteiger partial charge in [0.15, 0.2) is 0 Å². The molecule has 0 aliphatic carbocycles. The second-order valence-electron chi connectivity index (χ2n) is 3.36. The summed E-state index contributed by atoms with van der Waals surface area (Å²) < 4.78 is 1.45. The molecule has 2 rings (SSSR count). The molecule has 0 saturated heterocycles. The molecule has 0 unspecified atom stereocenters. The number of carbonyl (C=O) groups excluding carboxylic acids is 1. The Kier molecular flexibility index (Phi) is 2.90. The van der Waals surface area contributed by atoms with Gasteiger partial charge in [-0.3, -0.25) is 4.79 Å². The lowest BCUT2D eigenvalue weighted by Crippen LogP contribution is -2.19. The van der Waals surface area contributed by atoms with Crippen molar-refractivity contribution in [3.8, 4) is 0 Å². The summed E-state index contributed by atoms with van der Waals surface area (Å²) in [7, 11) is 0. The summed E-state index contributed by atoms with van der Waals surface area (Å²) >= 11 is 0. The predicted octanol–water partition coefficient (Wildman–Crippen LogP) is 0.620. The van der Waals surface area contributed by atoms with Gasteiger partial charge in [-0.2, -0.15) is 5.10 Å². The molecule has 2 heterocycles. The summed E-state index contributed by atoms with van der Waals surface area (Å²) in [4.78, 5) is 19.3. The monoisotopic (exact) mass is 217 g/mol. The molecule has 0 aliphatic rings. The summed E-state index contributed by atoms with van der Waals surface area (Å²) in [6, 6.07) is 3.67. The fourth-order valence-corrected chi connectivity index (χ4v) is 1.25. The van der Waals surface area contributed by atoms with E-state index in [-0.39, 0.29) is 12.5 Å². The maximum atomic E-state index is 11.6. The molecule has 0 bridgehead atoms. The van der Waals surface area contributed by atoms with Crippen molar-refractivity contribution in [1.29, 1.82) is 0 Å². The summed E-state index contributed by atoms with van der Waals surface area (Å²) in [5.41, 5.74) is 1.05. The van der Waals surface area contributed by atoms with Gasteiger partial charge >= 0.3 is 0 Å². The molecule has 16 heavy (non-hydrogen) atoms. The van der Waals surface area contributed by atoms with E-state index in [0.29, 0.717) is 5.82 Å². The summed E-state index contributed by atoms with van der Waals surface area (Å²) in [6.45, 7) is 2.07. The minimum Gasteiger partial charge on any atom is -0.309 e. The first-order chi connectivity index (χ1) is 7.74. The summed E-state index contributed by atoms with van der Waals surface area (Å²) in [5, 5.41) is 6.52. The number of aromatic nitrogens is 4. The zero-order valence-electron chi connectivity index (χ0n) is 8.79. The Hall–Kier alpha value is -2.24. The molecular formula is C10H11N5O. The molecule has 0 spiro atoms. The molecular weight excluding hydrogens is 206 g/mol. The normalized spacial score (nSPS) is 10.1. The van der Waals surface area contributed by atoms with Gasteiger partial charge in [0.25, 0.3) is 0 Å². The van der Waals surface area contributed by atoms with E-state index in [1.807, 2.05) is 13.0 Å². The molecule has 6 heteroatoms. The maximum absolute atomic E-state index is 11.6. The van der Waals surface area contributed by atoms with Crippen molar-refractivity contribution in [2.24, 2.45) is 0 Å². The van der Waals surface area contributed by atoms with Crippen LogP contribution in [-0.2, 0) is 11.3 Å². The SMILES string of the molecule is Cc1ccnc(NC(=O)Cn2cncn2)c1. The number of anilines is 1. The van der Waals surface area contributed by atoms with Gasteiger partial charge in [-0.25, -0.2) is 14.6 Å². The Morgan fingerprint density at radius 2 is 2.44 bits per heavy atom. The molecule has 0 saturated carbocycles.